The number of fused-ring (bicyclic) bond motifs is 1. The van der Waals surface area contributed by atoms with Gasteiger partial charge < -0.3 is 24.3 Å². The Morgan fingerprint density at radius 2 is 1.74 bits per heavy atom. The molecule has 0 bridgehead atoms. The van der Waals surface area contributed by atoms with Crippen LogP contribution in [0.2, 0.25) is 0 Å². The van der Waals surface area contributed by atoms with Gasteiger partial charge in [-0.1, -0.05) is 6.42 Å². The minimum absolute atomic E-state index is 0.117. The molecule has 0 atom stereocenters. The zero-order chi connectivity index (χ0) is 24.1. The van der Waals surface area contributed by atoms with E-state index < -0.39 is 15.9 Å². The highest BCUT2D eigenvalue weighted by atomic mass is 32.2. The zero-order valence-electron chi connectivity index (χ0n) is 19.2. The number of hydrogen-bond donors (Lipinski definition) is 1. The van der Waals surface area contributed by atoms with Gasteiger partial charge in [-0.3, -0.25) is 4.79 Å². The number of benzene rings is 2. The molecule has 0 radical (unpaired) electrons. The molecule has 0 spiro atoms. The topological polar surface area (TPSA) is 103 Å². The largest absolute Gasteiger partial charge is 0.495 e. The lowest BCUT2D eigenvalue weighted by atomic mass is 10.1. The summed E-state index contributed by atoms with van der Waals surface area (Å²) in [7, 11) is -0.656. The maximum Gasteiger partial charge on any atom is 0.248 e. The molecule has 0 aliphatic carbocycles. The predicted octanol–water partition coefficient (Wildman–Crippen LogP) is 3.30. The first-order valence-electron chi connectivity index (χ1n) is 11.1. The summed E-state index contributed by atoms with van der Waals surface area (Å²) in [4.78, 5) is 12.8. The maximum absolute atomic E-state index is 13.0. The van der Waals surface area contributed by atoms with E-state index in [9.17, 15) is 13.2 Å². The molecular formula is C24H28N2O7S. The number of sulfonamides is 1. The lowest BCUT2D eigenvalue weighted by molar-refractivity contribution is -0.111. The van der Waals surface area contributed by atoms with E-state index in [1.807, 2.05) is 0 Å². The van der Waals surface area contributed by atoms with Crippen molar-refractivity contribution in [1.82, 2.24) is 4.31 Å². The Kier molecular flexibility index (Phi) is 7.28. The van der Waals surface area contributed by atoms with Gasteiger partial charge >= 0.3 is 0 Å². The highest BCUT2D eigenvalue weighted by Crippen LogP contribution is 2.40. The van der Waals surface area contributed by atoms with Crippen molar-refractivity contribution in [3.63, 3.8) is 0 Å². The Hall–Kier alpha value is -3.24. The molecule has 0 unspecified atom stereocenters. The van der Waals surface area contributed by atoms with Crippen molar-refractivity contribution in [2.24, 2.45) is 0 Å². The van der Waals surface area contributed by atoms with E-state index in [1.54, 1.807) is 24.3 Å². The minimum Gasteiger partial charge on any atom is -0.495 e. The standard InChI is InChI=1S/C24H28N2O7S/c1-30-20-8-7-18(34(28,29)26-10-4-3-5-11-26)16-19(20)25-23(27)9-6-17-14-21(31-2)24-22(15-17)32-12-13-33-24/h6-9,14-16H,3-5,10-13H2,1-2H3,(H,25,27)/b9-6+. The Bertz CT molecular complexity index is 1170. The fraction of sp³-hybridized carbons (Fsp3) is 0.375. The summed E-state index contributed by atoms with van der Waals surface area (Å²) in [5.74, 6) is 1.50. The van der Waals surface area contributed by atoms with Crippen LogP contribution in [0.1, 0.15) is 24.8 Å². The summed E-state index contributed by atoms with van der Waals surface area (Å²) in [5, 5.41) is 2.72. The fourth-order valence-corrected chi connectivity index (χ4v) is 5.48. The maximum atomic E-state index is 13.0. The molecule has 1 fully saturated rings. The van der Waals surface area contributed by atoms with Crippen LogP contribution in [0.15, 0.2) is 41.3 Å². The number of rotatable bonds is 7. The van der Waals surface area contributed by atoms with Gasteiger partial charge in [0.05, 0.1) is 24.8 Å². The first kappa shape index (κ1) is 23.9. The minimum atomic E-state index is -3.65. The van der Waals surface area contributed by atoms with Crippen LogP contribution in [0.25, 0.3) is 6.08 Å². The van der Waals surface area contributed by atoms with Gasteiger partial charge in [-0.15, -0.1) is 0 Å². The number of nitrogens with zero attached hydrogens (tertiary/aromatic N) is 1. The Morgan fingerprint density at radius 3 is 2.47 bits per heavy atom. The van der Waals surface area contributed by atoms with Gasteiger partial charge in [-0.05, 0) is 54.8 Å². The number of carbonyl (C=O) groups is 1. The molecule has 2 aromatic rings. The number of piperidine rings is 1. The second-order valence-electron chi connectivity index (χ2n) is 7.90. The Balaban J connectivity index is 1.53. The van der Waals surface area contributed by atoms with Gasteiger partial charge in [0.1, 0.15) is 19.0 Å². The van der Waals surface area contributed by atoms with Gasteiger partial charge in [-0.25, -0.2) is 8.42 Å². The van der Waals surface area contributed by atoms with Crippen LogP contribution >= 0.6 is 0 Å². The van der Waals surface area contributed by atoms with Crippen molar-refractivity contribution >= 4 is 27.7 Å². The first-order chi connectivity index (χ1) is 16.4. The van der Waals surface area contributed by atoms with E-state index in [2.05, 4.69) is 5.32 Å². The predicted molar refractivity (Wildman–Crippen MR) is 127 cm³/mol. The van der Waals surface area contributed by atoms with Gasteiger partial charge in [0.2, 0.25) is 21.7 Å². The van der Waals surface area contributed by atoms with Crippen molar-refractivity contribution in [3.8, 4) is 23.0 Å². The van der Waals surface area contributed by atoms with E-state index in [4.69, 9.17) is 18.9 Å². The molecule has 0 aromatic heterocycles. The average Bonchev–Trinajstić information content (AvgIpc) is 2.87. The molecule has 10 heteroatoms. The molecule has 2 aliphatic heterocycles. The van der Waals surface area contributed by atoms with Crippen LogP contribution in [-0.4, -0.2) is 59.2 Å². The number of amides is 1. The second-order valence-corrected chi connectivity index (χ2v) is 9.83. The van der Waals surface area contributed by atoms with Gasteiger partial charge in [0.25, 0.3) is 0 Å². The van der Waals surface area contributed by atoms with Crippen LogP contribution in [0, 0.1) is 0 Å². The number of anilines is 1. The molecule has 182 valence electrons. The van der Waals surface area contributed by atoms with Crippen molar-refractivity contribution in [2.45, 2.75) is 24.2 Å². The number of nitrogens with one attached hydrogen (secondary N) is 1. The SMILES string of the molecule is COc1ccc(S(=O)(=O)N2CCCCC2)cc1NC(=O)/C=C/c1cc(OC)c2c(c1)OCCO2. The molecule has 34 heavy (non-hydrogen) atoms. The summed E-state index contributed by atoms with van der Waals surface area (Å²) in [6, 6.07) is 7.97. The Labute approximate surface area is 199 Å². The van der Waals surface area contributed by atoms with Crippen LogP contribution in [0.5, 0.6) is 23.0 Å². The summed E-state index contributed by atoms with van der Waals surface area (Å²) >= 11 is 0. The number of methoxy groups -OCH3 is 2. The Morgan fingerprint density at radius 1 is 1.00 bits per heavy atom. The molecule has 4 rings (SSSR count). The average molecular weight is 489 g/mol. The van der Waals surface area contributed by atoms with E-state index in [-0.39, 0.29) is 10.6 Å². The van der Waals surface area contributed by atoms with Crippen LogP contribution in [-0.2, 0) is 14.8 Å². The quantitative estimate of drug-likeness (QED) is 0.597. The lowest BCUT2D eigenvalue weighted by Crippen LogP contribution is -2.35. The van der Waals surface area contributed by atoms with Crippen LogP contribution in [0.3, 0.4) is 0 Å². The van der Waals surface area contributed by atoms with E-state index in [0.717, 1.165) is 19.3 Å². The number of ether oxygens (including phenoxy) is 4. The molecule has 2 aromatic carbocycles. The van der Waals surface area contributed by atoms with Gasteiger partial charge in [0, 0.05) is 19.2 Å². The van der Waals surface area contributed by atoms with Crippen LogP contribution in [0.4, 0.5) is 5.69 Å². The van der Waals surface area contributed by atoms with E-state index in [0.29, 0.717) is 54.9 Å². The highest BCUT2D eigenvalue weighted by molar-refractivity contribution is 7.89. The summed E-state index contributed by atoms with van der Waals surface area (Å²) in [6.07, 6.45) is 5.66. The smallest absolute Gasteiger partial charge is 0.248 e. The van der Waals surface area contributed by atoms with Crippen LogP contribution < -0.4 is 24.3 Å². The van der Waals surface area contributed by atoms with Gasteiger partial charge in [-0.2, -0.15) is 4.31 Å². The monoisotopic (exact) mass is 488 g/mol. The summed E-state index contributed by atoms with van der Waals surface area (Å²) < 4.78 is 49.5. The van der Waals surface area contributed by atoms with Crippen molar-refractivity contribution in [1.29, 1.82) is 0 Å². The van der Waals surface area contributed by atoms with E-state index in [1.165, 1.54) is 36.7 Å². The molecular weight excluding hydrogens is 460 g/mol. The molecule has 0 saturated carbocycles. The third-order valence-electron chi connectivity index (χ3n) is 5.66. The molecule has 2 heterocycles. The van der Waals surface area contributed by atoms with Gasteiger partial charge in [0.15, 0.2) is 11.5 Å². The van der Waals surface area contributed by atoms with Crippen molar-refractivity contribution < 1.29 is 32.2 Å². The molecule has 1 N–H and O–H groups in total. The third-order valence-corrected chi connectivity index (χ3v) is 7.55. The first-order valence-corrected chi connectivity index (χ1v) is 12.5. The lowest BCUT2D eigenvalue weighted by Gasteiger charge is -2.26. The molecule has 2 aliphatic rings. The molecule has 1 saturated heterocycles. The van der Waals surface area contributed by atoms with Crippen molar-refractivity contribution in [2.75, 3.05) is 45.8 Å². The fourth-order valence-electron chi connectivity index (χ4n) is 3.94. The molecule has 1 amide bonds. The highest BCUT2D eigenvalue weighted by Gasteiger charge is 2.27. The molecule has 9 nitrogen and oxygen atoms in total. The normalized spacial score (nSPS) is 16.3. The third kappa shape index (κ3) is 5.13. The number of carbonyl (C=O) groups excluding carboxylic acids is 1. The second kappa shape index (κ2) is 10.4. The zero-order valence-corrected chi connectivity index (χ0v) is 20.0. The van der Waals surface area contributed by atoms with E-state index >= 15 is 0 Å². The summed E-state index contributed by atoms with van der Waals surface area (Å²) in [6.45, 7) is 1.87. The van der Waals surface area contributed by atoms with Crippen molar-refractivity contribution in [3.05, 3.63) is 42.0 Å². The number of hydrogen-bond acceptors (Lipinski definition) is 7. The summed E-state index contributed by atoms with van der Waals surface area (Å²) in [5.41, 5.74) is 0.958.